The van der Waals surface area contributed by atoms with E-state index in [4.69, 9.17) is 4.74 Å². The quantitative estimate of drug-likeness (QED) is 0.799. The van der Waals surface area contributed by atoms with Gasteiger partial charge in [-0.1, -0.05) is 17.7 Å². The largest absolute Gasteiger partial charge is 0.488 e. The number of hydrogen-bond donors (Lipinski definition) is 1. The molecule has 4 rings (SSSR count). The van der Waals surface area contributed by atoms with Gasteiger partial charge >= 0.3 is 0 Å². The molecule has 0 spiro atoms. The number of anilines is 1. The number of amides is 1. The lowest BCUT2D eigenvalue weighted by atomic mass is 10.0. The molecule has 25 heavy (non-hydrogen) atoms. The summed E-state index contributed by atoms with van der Waals surface area (Å²) < 4.78 is 7.49. The number of benzene rings is 1. The number of aryl methyl sites for hydroxylation is 2. The number of pyridine rings is 1. The average molecular weight is 334 g/mol. The first-order valence-corrected chi connectivity index (χ1v) is 8.12. The van der Waals surface area contributed by atoms with Gasteiger partial charge in [-0.2, -0.15) is 5.10 Å². The molecule has 1 N–H and O–H groups in total. The first-order chi connectivity index (χ1) is 12.1. The number of carbonyl (C=O) groups excluding carboxylic acids is 1. The molecule has 3 aromatic rings. The molecule has 1 aliphatic rings. The summed E-state index contributed by atoms with van der Waals surface area (Å²) in [4.78, 5) is 16.7. The minimum atomic E-state index is -0.162. The van der Waals surface area contributed by atoms with E-state index in [-0.39, 0.29) is 12.5 Å². The highest BCUT2D eigenvalue weighted by atomic mass is 16.5. The lowest BCUT2D eigenvalue weighted by Gasteiger charge is -2.19. The summed E-state index contributed by atoms with van der Waals surface area (Å²) in [7, 11) is 0. The third-order valence-corrected chi connectivity index (χ3v) is 4.14. The molecule has 0 atom stereocenters. The molecule has 0 fully saturated rings. The predicted octanol–water partition coefficient (Wildman–Crippen LogP) is 3.09. The van der Waals surface area contributed by atoms with Crippen molar-refractivity contribution < 1.29 is 9.53 Å². The molecule has 1 amide bonds. The Morgan fingerprint density at radius 1 is 1.28 bits per heavy atom. The zero-order valence-electron chi connectivity index (χ0n) is 14.1. The van der Waals surface area contributed by atoms with Crippen molar-refractivity contribution >= 4 is 11.7 Å². The zero-order valence-corrected chi connectivity index (χ0v) is 14.1. The van der Waals surface area contributed by atoms with Crippen molar-refractivity contribution in [1.29, 1.82) is 0 Å². The van der Waals surface area contributed by atoms with E-state index in [0.29, 0.717) is 12.4 Å². The fourth-order valence-electron chi connectivity index (χ4n) is 3.00. The molecule has 0 unspecified atom stereocenters. The molecular formula is C19H18N4O2. The van der Waals surface area contributed by atoms with Gasteiger partial charge in [0.25, 0.3) is 0 Å². The third kappa shape index (κ3) is 2.98. The molecule has 126 valence electrons. The maximum atomic E-state index is 12.4. The Hall–Kier alpha value is -3.15. The molecule has 0 saturated heterocycles. The topological polar surface area (TPSA) is 69.0 Å². The highest BCUT2D eigenvalue weighted by Gasteiger charge is 2.23. The van der Waals surface area contributed by atoms with Gasteiger partial charge in [-0.05, 0) is 38.1 Å². The number of nitrogens with zero attached hydrogens (tertiary/aromatic N) is 3. The second kappa shape index (κ2) is 6.05. The van der Waals surface area contributed by atoms with Crippen LogP contribution in [0.4, 0.5) is 5.82 Å². The van der Waals surface area contributed by atoms with Gasteiger partial charge < -0.3 is 10.1 Å². The monoisotopic (exact) mass is 334 g/mol. The van der Waals surface area contributed by atoms with E-state index >= 15 is 0 Å². The van der Waals surface area contributed by atoms with Crippen LogP contribution >= 0.6 is 0 Å². The van der Waals surface area contributed by atoms with Crippen LogP contribution in [-0.4, -0.2) is 20.7 Å². The van der Waals surface area contributed by atoms with E-state index in [1.165, 1.54) is 0 Å². The van der Waals surface area contributed by atoms with Crippen molar-refractivity contribution in [2.24, 2.45) is 0 Å². The predicted molar refractivity (Wildman–Crippen MR) is 94.3 cm³/mol. The Balaban J connectivity index is 1.61. The van der Waals surface area contributed by atoms with Crippen LogP contribution in [0.5, 0.6) is 5.75 Å². The smallest absolute Gasteiger partial charge is 0.247 e. The average Bonchev–Trinajstić information content (AvgIpc) is 2.98. The number of rotatable bonds is 3. The van der Waals surface area contributed by atoms with Gasteiger partial charge in [0.2, 0.25) is 5.91 Å². The van der Waals surface area contributed by atoms with E-state index in [0.717, 1.165) is 33.8 Å². The van der Waals surface area contributed by atoms with Gasteiger partial charge in [-0.15, -0.1) is 0 Å². The number of aromatic nitrogens is 3. The van der Waals surface area contributed by atoms with Crippen molar-refractivity contribution in [3.05, 3.63) is 59.4 Å². The Bertz CT molecular complexity index is 962. The highest BCUT2D eigenvalue weighted by molar-refractivity contribution is 5.90. The van der Waals surface area contributed by atoms with Gasteiger partial charge in [-0.25, -0.2) is 4.98 Å². The first-order valence-electron chi connectivity index (χ1n) is 8.12. The van der Waals surface area contributed by atoms with Gasteiger partial charge in [-0.3, -0.25) is 9.48 Å². The van der Waals surface area contributed by atoms with Crippen molar-refractivity contribution in [3.8, 4) is 17.0 Å². The summed E-state index contributed by atoms with van der Waals surface area (Å²) in [6, 6.07) is 11.6. The van der Waals surface area contributed by atoms with Crippen LogP contribution in [0.2, 0.25) is 0 Å². The maximum absolute atomic E-state index is 12.4. The summed E-state index contributed by atoms with van der Waals surface area (Å²) in [6.07, 6.45) is 1.76. The third-order valence-electron chi connectivity index (χ3n) is 4.14. The van der Waals surface area contributed by atoms with E-state index in [9.17, 15) is 4.79 Å². The Morgan fingerprint density at radius 3 is 3.00 bits per heavy atom. The van der Waals surface area contributed by atoms with Crippen LogP contribution in [0.25, 0.3) is 11.3 Å². The Morgan fingerprint density at radius 2 is 2.16 bits per heavy atom. The minimum Gasteiger partial charge on any atom is -0.488 e. The molecule has 6 heteroatoms. The minimum absolute atomic E-state index is 0.123. The van der Waals surface area contributed by atoms with Crippen LogP contribution in [0.15, 0.2) is 42.6 Å². The summed E-state index contributed by atoms with van der Waals surface area (Å²) in [6.45, 7) is 4.51. The normalized spacial score (nSPS) is 12.1. The summed E-state index contributed by atoms with van der Waals surface area (Å²) in [5.41, 5.74) is 4.89. The van der Waals surface area contributed by atoms with E-state index in [1.54, 1.807) is 16.9 Å². The molecular weight excluding hydrogens is 316 g/mol. The molecule has 0 aliphatic carbocycles. The van der Waals surface area contributed by atoms with Crippen molar-refractivity contribution in [3.63, 3.8) is 0 Å². The van der Waals surface area contributed by atoms with E-state index in [2.05, 4.69) is 21.5 Å². The zero-order chi connectivity index (χ0) is 17.4. The summed E-state index contributed by atoms with van der Waals surface area (Å²) in [5, 5.41) is 7.20. The van der Waals surface area contributed by atoms with Crippen LogP contribution in [0, 0.1) is 13.8 Å². The maximum Gasteiger partial charge on any atom is 0.247 e. The Labute approximate surface area is 145 Å². The lowest BCUT2D eigenvalue weighted by molar-refractivity contribution is -0.116. The van der Waals surface area contributed by atoms with Crippen LogP contribution in [0.1, 0.15) is 16.8 Å². The lowest BCUT2D eigenvalue weighted by Crippen LogP contribution is -2.21. The Kier molecular flexibility index (Phi) is 3.72. The van der Waals surface area contributed by atoms with Crippen molar-refractivity contribution in [1.82, 2.24) is 14.8 Å². The summed E-state index contributed by atoms with van der Waals surface area (Å²) >= 11 is 0. The number of fused-ring (bicyclic) bond motifs is 3. The van der Waals surface area contributed by atoms with Gasteiger partial charge in [0, 0.05) is 16.8 Å². The van der Waals surface area contributed by atoms with Crippen LogP contribution < -0.4 is 10.1 Å². The number of carbonyl (C=O) groups is 1. The second-order valence-electron chi connectivity index (χ2n) is 6.18. The van der Waals surface area contributed by atoms with Crippen LogP contribution in [-0.2, 0) is 17.9 Å². The van der Waals surface area contributed by atoms with Gasteiger partial charge in [0.1, 0.15) is 24.7 Å². The summed E-state index contributed by atoms with van der Waals surface area (Å²) in [5.74, 6) is 1.20. The number of ether oxygens (including phenoxy) is 1. The standard InChI is InChI=1S/C19H18N4O2/c1-12-6-7-16-15(8-12)19-14(11-25-16)9-20-23(19)10-18(24)22-17-5-3-4-13(2)21-17/h3-9H,10-11H2,1-2H3,(H,21,22,24). The SMILES string of the molecule is Cc1ccc2c(c1)-c1c(cnn1CC(=O)Nc1cccc(C)n1)CO2. The van der Waals surface area contributed by atoms with Gasteiger partial charge in [0.15, 0.2) is 0 Å². The molecule has 2 aromatic heterocycles. The molecule has 0 radical (unpaired) electrons. The highest BCUT2D eigenvalue weighted by Crippen LogP contribution is 2.37. The van der Waals surface area contributed by atoms with E-state index in [1.807, 2.05) is 38.1 Å². The molecule has 6 nitrogen and oxygen atoms in total. The number of hydrogen-bond acceptors (Lipinski definition) is 4. The molecule has 1 aromatic carbocycles. The molecule has 1 aliphatic heterocycles. The van der Waals surface area contributed by atoms with Crippen molar-refractivity contribution in [2.45, 2.75) is 27.0 Å². The number of nitrogens with one attached hydrogen (secondary N) is 1. The van der Waals surface area contributed by atoms with Gasteiger partial charge in [0.05, 0.1) is 11.9 Å². The molecule has 0 saturated carbocycles. The first kappa shape index (κ1) is 15.4. The second-order valence-corrected chi connectivity index (χ2v) is 6.18. The van der Waals surface area contributed by atoms with Crippen LogP contribution in [0.3, 0.4) is 0 Å². The fourth-order valence-corrected chi connectivity index (χ4v) is 3.00. The molecule has 3 heterocycles. The van der Waals surface area contributed by atoms with Crippen molar-refractivity contribution in [2.75, 3.05) is 5.32 Å². The molecule has 0 bridgehead atoms. The fraction of sp³-hybridized carbons (Fsp3) is 0.211. The van der Waals surface area contributed by atoms with E-state index < -0.39 is 0 Å².